The van der Waals surface area contributed by atoms with Gasteiger partial charge in [-0.3, -0.25) is 9.32 Å². The Labute approximate surface area is 376 Å². The molecule has 1 saturated heterocycles. The van der Waals surface area contributed by atoms with Gasteiger partial charge in [-0.1, -0.05) is 174 Å². The molecule has 14 heteroatoms. The number of aliphatic carboxylic acids is 1. The summed E-state index contributed by atoms with van der Waals surface area (Å²) >= 11 is 0. The van der Waals surface area contributed by atoms with Gasteiger partial charge in [0.15, 0.2) is 6.29 Å². The highest BCUT2D eigenvalue weighted by atomic mass is 31.2. The first kappa shape index (κ1) is 58.6. The second-order valence-electron chi connectivity index (χ2n) is 17.4. The molecule has 1 aliphatic heterocycles. The van der Waals surface area contributed by atoms with E-state index in [0.29, 0.717) is 19.4 Å². The Hall–Kier alpha value is -1.41. The Balaban J connectivity index is 2.99. The first-order chi connectivity index (χ1) is 30.1. The molecule has 1 heterocycles. The molecule has 0 aromatic rings. The topological polar surface area (TPSA) is 190 Å². The third-order valence-electron chi connectivity index (χ3n) is 11.7. The molecule has 0 aromatic heterocycles. The normalized spacial score (nSPS) is 19.9. The highest BCUT2D eigenvalue weighted by Gasteiger charge is 2.50. The number of aliphatic hydroxyl groups is 1. The lowest BCUT2D eigenvalue weighted by Gasteiger charge is -2.45. The number of unbranched alkanes of at least 4 members (excludes halogenated alkanes) is 24. The molecule has 1 aliphatic rings. The van der Waals surface area contributed by atoms with Crippen LogP contribution in [0.4, 0.5) is 0 Å². The van der Waals surface area contributed by atoms with Crippen LogP contribution in [0.1, 0.15) is 220 Å². The van der Waals surface area contributed by atoms with E-state index >= 15 is 0 Å². The van der Waals surface area contributed by atoms with Crippen molar-refractivity contribution in [2.24, 2.45) is 0 Å². The van der Waals surface area contributed by atoms with Crippen molar-refractivity contribution in [3.63, 3.8) is 0 Å². The Kier molecular flexibility index (Phi) is 37.7. The second-order valence-corrected chi connectivity index (χ2v) is 18.6. The second kappa shape index (κ2) is 39.9. The number of allylic oxidation sites excluding steroid dienone is 2. The van der Waals surface area contributed by atoms with Crippen LogP contribution in [0, 0.1) is 0 Å². The fourth-order valence-corrected chi connectivity index (χ4v) is 8.63. The van der Waals surface area contributed by atoms with Gasteiger partial charge in [0.05, 0.1) is 12.7 Å². The molecule has 62 heavy (non-hydrogen) atoms. The number of hydrogen-bond acceptors (Lipinski definition) is 9. The summed E-state index contributed by atoms with van der Waals surface area (Å²) < 4.78 is 41.6. The zero-order valence-corrected chi connectivity index (χ0v) is 40.3. The van der Waals surface area contributed by atoms with Crippen molar-refractivity contribution in [2.75, 3.05) is 26.4 Å². The number of phosphoric acid groups is 1. The molecule has 0 bridgehead atoms. The van der Waals surface area contributed by atoms with E-state index in [1.165, 1.54) is 122 Å². The molecule has 366 valence electrons. The number of rotatable bonds is 44. The number of carbonyl (C=O) groups is 2. The predicted octanol–water partition coefficient (Wildman–Crippen LogP) is 11.2. The summed E-state index contributed by atoms with van der Waals surface area (Å²) in [5, 5.41) is 22.5. The third kappa shape index (κ3) is 32.3. The standard InChI is InChI=1S/C48H92NO12P/c1-4-7-10-13-16-19-21-23-26-29-32-35-43(51)49-45-47(46(61-62(54,55)56)42(39-50)60-48(45)59-40-44(52)53)58-38-36-41(34-31-28-25-22-18-15-12-9-6-3)57-37-33-30-27-24-20-17-14-11-8-5-2/h19,21,41-42,45-48,50H,4-18,20,22-40H2,1-3H3,(H,49,51)(H,52,53)(H2,54,55,56)/b21-19-/t41-,42-,45-,46-,47-,48+/m1/s1. The first-order valence-corrected chi connectivity index (χ1v) is 26.6. The molecule has 1 rings (SSSR count). The van der Waals surface area contributed by atoms with Crippen molar-refractivity contribution in [1.29, 1.82) is 0 Å². The molecule has 0 spiro atoms. The van der Waals surface area contributed by atoms with E-state index in [1.54, 1.807) is 0 Å². The van der Waals surface area contributed by atoms with Crippen LogP contribution in [-0.2, 0) is 37.6 Å². The van der Waals surface area contributed by atoms with E-state index in [0.717, 1.165) is 57.8 Å². The predicted molar refractivity (Wildman–Crippen MR) is 247 cm³/mol. The number of phosphoric ester groups is 1. The fourth-order valence-electron chi connectivity index (χ4n) is 8.06. The maximum atomic E-state index is 13.4. The van der Waals surface area contributed by atoms with E-state index in [2.05, 4.69) is 38.2 Å². The molecule has 0 saturated carbocycles. The van der Waals surface area contributed by atoms with Gasteiger partial charge >= 0.3 is 13.8 Å². The summed E-state index contributed by atoms with van der Waals surface area (Å²) in [7, 11) is -5.14. The minimum atomic E-state index is -5.14. The highest BCUT2D eigenvalue weighted by Crippen LogP contribution is 2.42. The number of carboxylic acids is 1. The van der Waals surface area contributed by atoms with Crippen LogP contribution >= 0.6 is 7.82 Å². The molecular weight excluding hydrogens is 813 g/mol. The van der Waals surface area contributed by atoms with Crippen LogP contribution in [0.25, 0.3) is 0 Å². The molecular formula is C48H92NO12P. The monoisotopic (exact) mass is 906 g/mol. The average Bonchev–Trinajstić information content (AvgIpc) is 3.23. The van der Waals surface area contributed by atoms with Crippen LogP contribution in [0.15, 0.2) is 12.2 Å². The van der Waals surface area contributed by atoms with Crippen molar-refractivity contribution in [2.45, 2.75) is 257 Å². The van der Waals surface area contributed by atoms with Gasteiger partial charge in [-0.15, -0.1) is 0 Å². The van der Waals surface area contributed by atoms with Gasteiger partial charge < -0.3 is 44.3 Å². The lowest BCUT2D eigenvalue weighted by Crippen LogP contribution is -2.66. The number of hydrogen-bond donors (Lipinski definition) is 5. The molecule has 1 fully saturated rings. The van der Waals surface area contributed by atoms with Crippen molar-refractivity contribution in [1.82, 2.24) is 5.32 Å². The van der Waals surface area contributed by atoms with Crippen molar-refractivity contribution < 1.29 is 57.6 Å². The van der Waals surface area contributed by atoms with Crippen LogP contribution in [0.5, 0.6) is 0 Å². The molecule has 13 nitrogen and oxygen atoms in total. The summed E-state index contributed by atoms with van der Waals surface area (Å²) in [6, 6.07) is -1.19. The smallest absolute Gasteiger partial charge is 0.470 e. The SMILES string of the molecule is CCCCCC/C=C\CCCCCC(=O)N[C@H]1[C@@H](OCC(=O)O)O[C@H](CO)[C@@H](OP(=O)(O)O)[C@@H]1OCC[C@@H](CCCCCCCCCCC)OCCCCCCCCCCCC. The van der Waals surface area contributed by atoms with Gasteiger partial charge in [0.1, 0.15) is 31.0 Å². The van der Waals surface area contributed by atoms with Crippen LogP contribution in [-0.4, -0.2) is 95.1 Å². The first-order valence-electron chi connectivity index (χ1n) is 25.1. The number of amides is 1. The quantitative estimate of drug-likeness (QED) is 0.0221. The van der Waals surface area contributed by atoms with Gasteiger partial charge in [0.2, 0.25) is 5.91 Å². The van der Waals surface area contributed by atoms with E-state index in [4.69, 9.17) is 23.5 Å². The van der Waals surface area contributed by atoms with Crippen molar-refractivity contribution >= 4 is 19.7 Å². The zero-order valence-electron chi connectivity index (χ0n) is 39.4. The minimum absolute atomic E-state index is 0.0914. The van der Waals surface area contributed by atoms with Gasteiger partial charge in [0, 0.05) is 19.6 Å². The van der Waals surface area contributed by atoms with Crippen molar-refractivity contribution in [3.05, 3.63) is 12.2 Å². The number of ether oxygens (including phenoxy) is 4. The Morgan fingerprint density at radius 3 is 1.66 bits per heavy atom. The van der Waals surface area contributed by atoms with Crippen LogP contribution in [0.2, 0.25) is 0 Å². The Morgan fingerprint density at radius 2 is 1.15 bits per heavy atom. The van der Waals surface area contributed by atoms with E-state index in [9.17, 15) is 34.2 Å². The van der Waals surface area contributed by atoms with E-state index in [-0.39, 0.29) is 25.0 Å². The maximum Gasteiger partial charge on any atom is 0.470 e. The molecule has 6 atom stereocenters. The number of nitrogens with one attached hydrogen (secondary N) is 1. The molecule has 0 aliphatic carbocycles. The molecule has 0 radical (unpaired) electrons. The van der Waals surface area contributed by atoms with E-state index in [1.807, 2.05) is 0 Å². The molecule has 0 unspecified atom stereocenters. The number of aliphatic hydroxyl groups excluding tert-OH is 1. The third-order valence-corrected chi connectivity index (χ3v) is 12.2. The summed E-state index contributed by atoms with van der Waals surface area (Å²) in [6.45, 7) is 5.89. The number of carbonyl (C=O) groups excluding carboxylic acids is 1. The molecule has 0 aromatic carbocycles. The summed E-state index contributed by atoms with van der Waals surface area (Å²) in [5.41, 5.74) is 0. The average molecular weight is 906 g/mol. The van der Waals surface area contributed by atoms with Gasteiger partial charge in [0.25, 0.3) is 0 Å². The molecule has 1 amide bonds. The fraction of sp³-hybridized carbons (Fsp3) is 0.917. The number of carboxylic acid groups (broad SMARTS) is 1. The summed E-state index contributed by atoms with van der Waals surface area (Å²) in [5.74, 6) is -1.65. The van der Waals surface area contributed by atoms with E-state index < -0.39 is 57.6 Å². The van der Waals surface area contributed by atoms with Crippen LogP contribution in [0.3, 0.4) is 0 Å². The zero-order chi connectivity index (χ0) is 45.5. The van der Waals surface area contributed by atoms with Gasteiger partial charge in [-0.05, 0) is 51.4 Å². The minimum Gasteiger partial charge on any atom is -0.480 e. The lowest BCUT2D eigenvalue weighted by molar-refractivity contribution is -0.274. The van der Waals surface area contributed by atoms with Crippen molar-refractivity contribution in [3.8, 4) is 0 Å². The summed E-state index contributed by atoms with van der Waals surface area (Å²) in [4.78, 5) is 44.8. The Morgan fingerprint density at radius 1 is 0.645 bits per heavy atom. The largest absolute Gasteiger partial charge is 0.480 e. The Bertz CT molecular complexity index is 1140. The highest BCUT2D eigenvalue weighted by molar-refractivity contribution is 7.46. The van der Waals surface area contributed by atoms with Gasteiger partial charge in [-0.25, -0.2) is 9.36 Å². The van der Waals surface area contributed by atoms with Gasteiger partial charge in [-0.2, -0.15) is 0 Å². The lowest BCUT2D eigenvalue weighted by atomic mass is 9.96. The summed E-state index contributed by atoms with van der Waals surface area (Å²) in [6.07, 6.45) is 32.8. The maximum absolute atomic E-state index is 13.4. The molecule has 5 N–H and O–H groups in total. The van der Waals surface area contributed by atoms with Crippen LogP contribution < -0.4 is 5.32 Å².